The van der Waals surface area contributed by atoms with Gasteiger partial charge in [-0.25, -0.2) is 23.4 Å². The lowest BCUT2D eigenvalue weighted by molar-refractivity contribution is 0.366. The van der Waals surface area contributed by atoms with Crippen LogP contribution >= 0.6 is 0 Å². The van der Waals surface area contributed by atoms with E-state index in [1.807, 2.05) is 17.0 Å². The fourth-order valence-corrected chi connectivity index (χ4v) is 3.56. The summed E-state index contributed by atoms with van der Waals surface area (Å²) in [4.78, 5) is 11.2. The van der Waals surface area contributed by atoms with Crippen LogP contribution < -0.4 is 4.90 Å². The van der Waals surface area contributed by atoms with Crippen molar-refractivity contribution in [2.24, 2.45) is 0 Å². The fraction of sp³-hybridized carbons (Fsp3) is 0.381. The summed E-state index contributed by atoms with van der Waals surface area (Å²) in [7, 11) is 0. The number of benzene rings is 1. The first-order valence-electron chi connectivity index (χ1n) is 9.41. The van der Waals surface area contributed by atoms with E-state index in [0.29, 0.717) is 5.56 Å². The second-order valence-electron chi connectivity index (χ2n) is 8.12. The predicted molar refractivity (Wildman–Crippen MR) is 106 cm³/mol. The molecule has 0 spiro atoms. The topological polar surface area (TPSA) is 46.8 Å². The minimum Gasteiger partial charge on any atom is -0.355 e. The molecule has 0 unspecified atom stereocenters. The van der Waals surface area contributed by atoms with Crippen molar-refractivity contribution in [2.75, 3.05) is 18.0 Å². The summed E-state index contributed by atoms with van der Waals surface area (Å²) in [6.07, 6.45) is 7.07. The summed E-state index contributed by atoms with van der Waals surface area (Å²) < 4.78 is 28.4. The van der Waals surface area contributed by atoms with Crippen LogP contribution in [-0.4, -0.2) is 32.8 Å². The van der Waals surface area contributed by atoms with Gasteiger partial charge in [-0.15, -0.1) is 0 Å². The first kappa shape index (κ1) is 18.5. The van der Waals surface area contributed by atoms with Gasteiger partial charge in [0, 0.05) is 13.1 Å². The monoisotopic (exact) mass is 383 g/mol. The number of anilines is 1. The van der Waals surface area contributed by atoms with Crippen molar-refractivity contribution in [3.8, 4) is 0 Å². The molecule has 2 aromatic heterocycles. The van der Waals surface area contributed by atoms with Gasteiger partial charge in [0.05, 0.1) is 17.1 Å². The van der Waals surface area contributed by atoms with Crippen LogP contribution in [0.2, 0.25) is 0 Å². The Balaban J connectivity index is 1.55. The summed E-state index contributed by atoms with van der Waals surface area (Å²) >= 11 is 0. The lowest BCUT2D eigenvalue weighted by atomic mass is 10.0. The molecule has 0 amide bonds. The van der Waals surface area contributed by atoms with Crippen LogP contribution in [-0.2, 0) is 5.54 Å². The van der Waals surface area contributed by atoms with Crippen LogP contribution in [0.5, 0.6) is 0 Å². The molecular weight excluding hydrogens is 360 g/mol. The van der Waals surface area contributed by atoms with E-state index < -0.39 is 11.6 Å². The van der Waals surface area contributed by atoms with E-state index in [-0.39, 0.29) is 5.54 Å². The molecule has 1 saturated heterocycles. The molecule has 1 aliphatic rings. The minimum absolute atomic E-state index is 0.157. The molecule has 3 heterocycles. The zero-order chi connectivity index (χ0) is 19.9. The van der Waals surface area contributed by atoms with Crippen molar-refractivity contribution in [3.63, 3.8) is 0 Å². The predicted octanol–water partition coefficient (Wildman–Crippen LogP) is 4.54. The van der Waals surface area contributed by atoms with E-state index >= 15 is 0 Å². The van der Waals surface area contributed by atoms with E-state index in [2.05, 4.69) is 40.7 Å². The molecule has 0 bridgehead atoms. The summed E-state index contributed by atoms with van der Waals surface area (Å²) in [6.45, 7) is 7.90. The number of fused-ring (bicyclic) bond motifs is 1. The second kappa shape index (κ2) is 6.96. The van der Waals surface area contributed by atoms with Gasteiger partial charge in [0.25, 0.3) is 0 Å². The lowest BCUT2D eigenvalue weighted by Crippen LogP contribution is -2.31. The first-order valence-corrected chi connectivity index (χ1v) is 9.41. The molecule has 1 fully saturated rings. The van der Waals surface area contributed by atoms with E-state index in [9.17, 15) is 8.78 Å². The maximum atomic E-state index is 13.4. The van der Waals surface area contributed by atoms with Crippen LogP contribution in [0.25, 0.3) is 17.1 Å². The van der Waals surface area contributed by atoms with Gasteiger partial charge in [-0.05, 0) is 51.3 Å². The Morgan fingerprint density at radius 3 is 2.46 bits per heavy atom. The van der Waals surface area contributed by atoms with Crippen molar-refractivity contribution in [1.29, 1.82) is 0 Å². The van der Waals surface area contributed by atoms with Crippen LogP contribution in [0.4, 0.5) is 14.6 Å². The van der Waals surface area contributed by atoms with Crippen molar-refractivity contribution >= 4 is 22.9 Å². The summed E-state index contributed by atoms with van der Waals surface area (Å²) in [5.74, 6) is -0.737. The van der Waals surface area contributed by atoms with Crippen molar-refractivity contribution in [2.45, 2.75) is 39.2 Å². The molecule has 0 N–H and O–H groups in total. The van der Waals surface area contributed by atoms with Gasteiger partial charge in [-0.1, -0.05) is 17.7 Å². The Morgan fingerprint density at radius 1 is 1.04 bits per heavy atom. The molecule has 0 saturated carbocycles. The normalized spacial score (nSPS) is 15.3. The van der Waals surface area contributed by atoms with Gasteiger partial charge in [0.15, 0.2) is 17.3 Å². The third-order valence-electron chi connectivity index (χ3n) is 5.00. The molecule has 0 aliphatic carbocycles. The first-order chi connectivity index (χ1) is 13.3. The molecule has 1 aliphatic heterocycles. The maximum absolute atomic E-state index is 13.4. The highest BCUT2D eigenvalue weighted by Crippen LogP contribution is 2.29. The number of rotatable bonds is 2. The molecule has 0 radical (unpaired) electrons. The molecule has 7 heteroatoms. The highest BCUT2D eigenvalue weighted by molar-refractivity contribution is 5.87. The summed E-state index contributed by atoms with van der Waals surface area (Å²) in [5, 5.41) is 5.47. The van der Waals surface area contributed by atoms with E-state index in [4.69, 9.17) is 0 Å². The highest BCUT2D eigenvalue weighted by Gasteiger charge is 2.23. The fourth-order valence-electron chi connectivity index (χ4n) is 3.56. The molecule has 5 nitrogen and oxygen atoms in total. The molecule has 146 valence electrons. The third kappa shape index (κ3) is 3.48. The third-order valence-corrected chi connectivity index (χ3v) is 5.00. The summed E-state index contributed by atoms with van der Waals surface area (Å²) in [6, 6.07) is 4.01. The van der Waals surface area contributed by atoms with E-state index in [1.54, 1.807) is 12.4 Å². The van der Waals surface area contributed by atoms with Gasteiger partial charge < -0.3 is 4.90 Å². The van der Waals surface area contributed by atoms with Gasteiger partial charge in [-0.2, -0.15) is 5.10 Å². The van der Waals surface area contributed by atoms with Gasteiger partial charge >= 0.3 is 0 Å². The molecule has 0 atom stereocenters. The van der Waals surface area contributed by atoms with Crippen LogP contribution in [0.1, 0.15) is 39.2 Å². The average molecular weight is 383 g/mol. The van der Waals surface area contributed by atoms with Gasteiger partial charge in [0.1, 0.15) is 12.1 Å². The minimum atomic E-state index is -0.819. The number of hydrogen-bond acceptors (Lipinski definition) is 4. The molecule has 28 heavy (non-hydrogen) atoms. The molecular formula is C21H23F2N5. The number of piperidine rings is 1. The Labute approximate surface area is 162 Å². The second-order valence-corrected chi connectivity index (χ2v) is 8.12. The Hall–Kier alpha value is -2.83. The van der Waals surface area contributed by atoms with Crippen molar-refractivity contribution in [1.82, 2.24) is 19.7 Å². The Bertz CT molecular complexity index is 1040. The Kier molecular flexibility index (Phi) is 4.61. The van der Waals surface area contributed by atoms with Crippen molar-refractivity contribution < 1.29 is 8.78 Å². The molecule has 1 aromatic carbocycles. The van der Waals surface area contributed by atoms with Crippen LogP contribution in [0.3, 0.4) is 0 Å². The zero-order valence-electron chi connectivity index (χ0n) is 16.3. The SMILES string of the molecule is CC(C)(C)n1ncc2c(N3CCC(=Cc4ccc(F)c(F)c4)CC3)ncnc21. The lowest BCUT2D eigenvalue weighted by Gasteiger charge is -2.30. The molecule has 3 aromatic rings. The average Bonchev–Trinajstić information content (AvgIpc) is 3.10. The standard InChI is InChI=1S/C21H23F2N5/c1-21(2,3)28-20-16(12-26-28)19(24-13-25-20)27-8-6-14(7-9-27)10-15-4-5-17(22)18(23)11-15/h4-5,10-13H,6-9H2,1-3H3. The number of nitrogens with zero attached hydrogens (tertiary/aromatic N) is 5. The number of halogens is 2. The van der Waals surface area contributed by atoms with E-state index in [1.165, 1.54) is 17.7 Å². The zero-order valence-corrected chi connectivity index (χ0v) is 16.3. The quantitative estimate of drug-likeness (QED) is 0.652. The van der Waals surface area contributed by atoms with Gasteiger partial charge in [-0.3, -0.25) is 0 Å². The van der Waals surface area contributed by atoms with Crippen LogP contribution in [0, 0.1) is 11.6 Å². The van der Waals surface area contributed by atoms with Crippen molar-refractivity contribution in [3.05, 3.63) is 53.5 Å². The number of hydrogen-bond donors (Lipinski definition) is 0. The van der Waals surface area contributed by atoms with Crippen LogP contribution in [0.15, 0.2) is 36.3 Å². The van der Waals surface area contributed by atoms with E-state index in [0.717, 1.165) is 42.8 Å². The van der Waals surface area contributed by atoms with Gasteiger partial charge in [0.2, 0.25) is 0 Å². The summed E-state index contributed by atoms with van der Waals surface area (Å²) in [5.41, 5.74) is 2.59. The maximum Gasteiger partial charge on any atom is 0.163 e. The largest absolute Gasteiger partial charge is 0.355 e. The number of aromatic nitrogens is 4. The Morgan fingerprint density at radius 2 is 1.79 bits per heavy atom. The smallest absolute Gasteiger partial charge is 0.163 e. The molecule has 4 rings (SSSR count). The highest BCUT2D eigenvalue weighted by atomic mass is 19.2.